The Balaban J connectivity index is 2.28. The molecule has 0 spiro atoms. The zero-order valence-corrected chi connectivity index (χ0v) is 10.6. The van der Waals surface area contributed by atoms with E-state index >= 15 is 0 Å². The number of rotatable bonds is 3. The monoisotopic (exact) mass is 283 g/mol. The fourth-order valence-electron chi connectivity index (χ4n) is 1.13. The van der Waals surface area contributed by atoms with Crippen LogP contribution in [0.15, 0.2) is 24.4 Å². The van der Waals surface area contributed by atoms with Crippen molar-refractivity contribution < 1.29 is 0 Å². The van der Waals surface area contributed by atoms with Crippen LogP contribution in [-0.4, -0.2) is 15.2 Å². The van der Waals surface area contributed by atoms with E-state index in [2.05, 4.69) is 38.0 Å². The molecule has 0 saturated heterocycles. The fourth-order valence-corrected chi connectivity index (χ4v) is 2.38. The molecule has 2 heterocycles. The van der Waals surface area contributed by atoms with Crippen molar-refractivity contribution in [1.82, 2.24) is 15.2 Å². The van der Waals surface area contributed by atoms with Crippen molar-refractivity contribution >= 4 is 27.3 Å². The van der Waals surface area contributed by atoms with Crippen LogP contribution in [0.5, 0.6) is 0 Å². The lowest BCUT2D eigenvalue weighted by Crippen LogP contribution is -1.85. The van der Waals surface area contributed by atoms with Gasteiger partial charge in [-0.25, -0.2) is 0 Å². The maximum atomic E-state index is 4.24. The predicted molar refractivity (Wildman–Crippen MR) is 65.1 cm³/mol. The Kier molecular flexibility index (Phi) is 3.43. The molecular formula is C10H10BrN3S. The second-order valence-electron chi connectivity index (χ2n) is 3.04. The first kappa shape index (κ1) is 10.7. The summed E-state index contributed by atoms with van der Waals surface area (Å²) in [6.07, 6.45) is 2.78. The zero-order valence-electron chi connectivity index (χ0n) is 8.22. The van der Waals surface area contributed by atoms with Crippen LogP contribution in [0.1, 0.15) is 23.2 Å². The molecule has 2 aromatic heterocycles. The summed E-state index contributed by atoms with van der Waals surface area (Å²) in [5, 5.41) is 10.2. The summed E-state index contributed by atoms with van der Waals surface area (Å²) >= 11 is 5.15. The topological polar surface area (TPSA) is 38.7 Å². The molecule has 0 aliphatic carbocycles. The van der Waals surface area contributed by atoms with Crippen molar-refractivity contribution in [1.29, 1.82) is 0 Å². The highest BCUT2D eigenvalue weighted by Gasteiger charge is 2.12. The van der Waals surface area contributed by atoms with Crippen LogP contribution in [0.2, 0.25) is 0 Å². The first-order chi connectivity index (χ1) is 7.31. The minimum absolute atomic E-state index is 0.299. The number of hydrogen-bond acceptors (Lipinski definition) is 4. The minimum Gasteiger partial charge on any atom is -0.254 e. The van der Waals surface area contributed by atoms with Crippen LogP contribution in [-0.2, 0) is 0 Å². The van der Waals surface area contributed by atoms with Crippen LogP contribution in [0.3, 0.4) is 0 Å². The first-order valence-electron chi connectivity index (χ1n) is 4.70. The third-order valence-corrected chi connectivity index (χ3v) is 4.39. The molecule has 3 nitrogen and oxygen atoms in total. The molecule has 0 bridgehead atoms. The molecule has 0 amide bonds. The van der Waals surface area contributed by atoms with Gasteiger partial charge in [0.1, 0.15) is 10.7 Å². The lowest BCUT2D eigenvalue weighted by molar-refractivity contribution is 0.870. The van der Waals surface area contributed by atoms with E-state index in [1.807, 2.05) is 18.2 Å². The molecule has 5 heteroatoms. The number of pyridine rings is 1. The largest absolute Gasteiger partial charge is 0.254 e. The standard InChI is InChI=1S/C10H10BrN3S/c1-2-7(11)9-13-14-10(15-9)8-5-3-4-6-12-8/h3-7H,2H2,1H3. The van der Waals surface area contributed by atoms with Crippen LogP contribution < -0.4 is 0 Å². The van der Waals surface area contributed by atoms with Gasteiger partial charge < -0.3 is 0 Å². The van der Waals surface area contributed by atoms with Crippen molar-refractivity contribution in [3.63, 3.8) is 0 Å². The summed E-state index contributed by atoms with van der Waals surface area (Å²) in [6.45, 7) is 2.11. The lowest BCUT2D eigenvalue weighted by atomic mass is 10.4. The van der Waals surface area contributed by atoms with Gasteiger partial charge >= 0.3 is 0 Å². The highest BCUT2D eigenvalue weighted by atomic mass is 79.9. The third-order valence-electron chi connectivity index (χ3n) is 1.95. The number of hydrogen-bond donors (Lipinski definition) is 0. The molecule has 0 aliphatic rings. The Hall–Kier alpha value is -0.810. The molecule has 78 valence electrons. The Morgan fingerprint density at radius 2 is 2.27 bits per heavy atom. The smallest absolute Gasteiger partial charge is 0.166 e. The third kappa shape index (κ3) is 2.41. The minimum atomic E-state index is 0.299. The molecule has 2 rings (SSSR count). The van der Waals surface area contributed by atoms with E-state index in [4.69, 9.17) is 0 Å². The molecule has 2 aromatic rings. The Bertz CT molecular complexity index is 429. The summed E-state index contributed by atoms with van der Waals surface area (Å²) < 4.78 is 0. The molecule has 0 aliphatic heterocycles. The van der Waals surface area contributed by atoms with E-state index in [0.29, 0.717) is 4.83 Å². The molecule has 0 radical (unpaired) electrons. The molecule has 1 atom stereocenters. The van der Waals surface area contributed by atoms with E-state index in [0.717, 1.165) is 22.1 Å². The van der Waals surface area contributed by atoms with Crippen molar-refractivity contribution in [2.75, 3.05) is 0 Å². The molecular weight excluding hydrogens is 274 g/mol. The first-order valence-corrected chi connectivity index (χ1v) is 6.43. The van der Waals surface area contributed by atoms with Crippen molar-refractivity contribution in [2.45, 2.75) is 18.2 Å². The van der Waals surface area contributed by atoms with Gasteiger partial charge in [-0.1, -0.05) is 40.3 Å². The summed E-state index contributed by atoms with van der Waals surface area (Å²) in [6, 6.07) is 5.79. The SMILES string of the molecule is CCC(Br)c1nnc(-c2ccccn2)s1. The highest BCUT2D eigenvalue weighted by molar-refractivity contribution is 9.09. The Morgan fingerprint density at radius 1 is 1.40 bits per heavy atom. The molecule has 0 aromatic carbocycles. The van der Waals surface area contributed by atoms with Crippen LogP contribution in [0.4, 0.5) is 0 Å². The van der Waals surface area contributed by atoms with Gasteiger partial charge in [-0.3, -0.25) is 4.98 Å². The Labute approximate surface area is 101 Å². The van der Waals surface area contributed by atoms with Crippen LogP contribution in [0, 0.1) is 0 Å². The lowest BCUT2D eigenvalue weighted by Gasteiger charge is -1.97. The van der Waals surface area contributed by atoms with Gasteiger partial charge in [0.25, 0.3) is 0 Å². The molecule has 15 heavy (non-hydrogen) atoms. The summed E-state index contributed by atoms with van der Waals surface area (Å²) in [5.41, 5.74) is 0.886. The van der Waals surface area contributed by atoms with Gasteiger partial charge in [0.2, 0.25) is 0 Å². The zero-order chi connectivity index (χ0) is 10.7. The number of alkyl halides is 1. The summed E-state index contributed by atoms with van der Waals surface area (Å²) in [4.78, 5) is 4.54. The Morgan fingerprint density at radius 3 is 2.93 bits per heavy atom. The average Bonchev–Trinajstić information content (AvgIpc) is 2.78. The fraction of sp³-hybridized carbons (Fsp3) is 0.300. The summed E-state index contributed by atoms with van der Waals surface area (Å²) in [7, 11) is 0. The maximum absolute atomic E-state index is 4.24. The van der Waals surface area contributed by atoms with E-state index < -0.39 is 0 Å². The van der Waals surface area contributed by atoms with Crippen molar-refractivity contribution in [3.05, 3.63) is 29.4 Å². The van der Waals surface area contributed by atoms with E-state index in [1.165, 1.54) is 0 Å². The van der Waals surface area contributed by atoms with Gasteiger partial charge in [0, 0.05) is 6.20 Å². The van der Waals surface area contributed by atoms with Gasteiger partial charge in [0.15, 0.2) is 5.01 Å². The number of aromatic nitrogens is 3. The predicted octanol–water partition coefficient (Wildman–Crippen LogP) is 3.45. The van der Waals surface area contributed by atoms with Gasteiger partial charge in [0.05, 0.1) is 4.83 Å². The normalized spacial score (nSPS) is 12.7. The molecule has 0 fully saturated rings. The second-order valence-corrected chi connectivity index (χ2v) is 5.15. The van der Waals surface area contributed by atoms with Crippen LogP contribution >= 0.6 is 27.3 Å². The molecule has 0 saturated carbocycles. The number of halogens is 1. The summed E-state index contributed by atoms with van der Waals surface area (Å²) in [5.74, 6) is 0. The molecule has 0 N–H and O–H groups in total. The highest BCUT2D eigenvalue weighted by Crippen LogP contribution is 2.31. The van der Waals surface area contributed by atoms with Crippen LogP contribution in [0.25, 0.3) is 10.7 Å². The van der Waals surface area contributed by atoms with Gasteiger partial charge in [-0.15, -0.1) is 10.2 Å². The van der Waals surface area contributed by atoms with Crippen molar-refractivity contribution in [3.8, 4) is 10.7 Å². The maximum Gasteiger partial charge on any atom is 0.166 e. The molecule has 1 unspecified atom stereocenters. The number of nitrogens with zero attached hydrogens (tertiary/aromatic N) is 3. The van der Waals surface area contributed by atoms with Gasteiger partial charge in [-0.2, -0.15) is 0 Å². The van der Waals surface area contributed by atoms with E-state index in [-0.39, 0.29) is 0 Å². The quantitative estimate of drug-likeness (QED) is 0.810. The van der Waals surface area contributed by atoms with Crippen molar-refractivity contribution in [2.24, 2.45) is 0 Å². The van der Waals surface area contributed by atoms with Gasteiger partial charge in [-0.05, 0) is 18.6 Å². The van der Waals surface area contributed by atoms with E-state index in [1.54, 1.807) is 17.5 Å². The average molecular weight is 284 g/mol. The van der Waals surface area contributed by atoms with E-state index in [9.17, 15) is 0 Å². The second kappa shape index (κ2) is 4.81.